The van der Waals surface area contributed by atoms with E-state index in [2.05, 4.69) is 37.1 Å². The van der Waals surface area contributed by atoms with Gasteiger partial charge in [0.15, 0.2) is 0 Å². The van der Waals surface area contributed by atoms with Crippen LogP contribution < -0.4 is 21.1 Å². The van der Waals surface area contributed by atoms with Crippen LogP contribution in [0.15, 0.2) is 55.3 Å². The first kappa shape index (κ1) is 17.0. The fraction of sp³-hybridized carbons (Fsp3) is 0.381. The molecule has 0 amide bonds. The van der Waals surface area contributed by atoms with Crippen LogP contribution in [0.25, 0.3) is 0 Å². The molecule has 0 bridgehead atoms. The van der Waals surface area contributed by atoms with Gasteiger partial charge >= 0.3 is 0 Å². The average molecular weight is 375 g/mol. The molecule has 1 aliphatic heterocycles. The summed E-state index contributed by atoms with van der Waals surface area (Å²) >= 11 is 0. The van der Waals surface area contributed by atoms with Crippen LogP contribution in [-0.2, 0) is 0 Å². The summed E-state index contributed by atoms with van der Waals surface area (Å²) < 4.78 is 0. The molecule has 2 saturated carbocycles. The zero-order valence-electron chi connectivity index (χ0n) is 15.8. The van der Waals surface area contributed by atoms with Gasteiger partial charge in [-0.15, -0.1) is 0 Å². The van der Waals surface area contributed by atoms with Gasteiger partial charge < -0.3 is 16.1 Å². The molecule has 2 aliphatic carbocycles. The molecule has 7 heteroatoms. The van der Waals surface area contributed by atoms with E-state index in [-0.39, 0.29) is 0 Å². The molecule has 2 aromatic heterocycles. The number of allylic oxidation sites excluding steroid dienone is 2. The first-order chi connectivity index (χ1) is 13.8. The third kappa shape index (κ3) is 3.93. The van der Waals surface area contributed by atoms with Gasteiger partial charge in [-0.1, -0.05) is 0 Å². The lowest BCUT2D eigenvalue weighted by atomic mass is 10.2. The Labute approximate surface area is 165 Å². The van der Waals surface area contributed by atoms with Gasteiger partial charge in [-0.25, -0.2) is 15.0 Å². The van der Waals surface area contributed by atoms with E-state index < -0.39 is 0 Å². The number of hydrazine groups is 1. The summed E-state index contributed by atoms with van der Waals surface area (Å²) in [5.41, 5.74) is 5.43. The van der Waals surface area contributed by atoms with Gasteiger partial charge in [0.1, 0.15) is 5.82 Å². The van der Waals surface area contributed by atoms with Gasteiger partial charge in [0, 0.05) is 36.9 Å². The standard InChI is InChI=1S/C21H25N7/c1-2-10-28(25-9-1)19-7-8-20(22-14-19)26-17-5-6-18(11-17)27-21-23-12-16(13-24-21)15-3-4-15/h1-2,7-10,12-15,17-18,25H,3-6,11H2,(H,22,26)(H,23,24,27)/t17-,18-/m0/s1. The Balaban J connectivity index is 1.13. The van der Waals surface area contributed by atoms with Crippen molar-refractivity contribution in [2.75, 3.05) is 15.6 Å². The van der Waals surface area contributed by atoms with E-state index >= 15 is 0 Å². The number of nitrogens with zero attached hydrogens (tertiary/aromatic N) is 4. The first-order valence-corrected chi connectivity index (χ1v) is 10.0. The first-order valence-electron chi connectivity index (χ1n) is 10.0. The quantitative estimate of drug-likeness (QED) is 0.713. The smallest absolute Gasteiger partial charge is 0.222 e. The van der Waals surface area contributed by atoms with Crippen molar-refractivity contribution in [3.63, 3.8) is 0 Å². The Kier molecular flexibility index (Phi) is 4.56. The van der Waals surface area contributed by atoms with Crippen molar-refractivity contribution in [2.45, 2.75) is 50.1 Å². The Hall–Kier alpha value is -3.09. The summed E-state index contributed by atoms with van der Waals surface area (Å²) in [6.45, 7) is 0. The molecule has 0 spiro atoms. The number of aromatic nitrogens is 3. The molecule has 5 rings (SSSR count). The van der Waals surface area contributed by atoms with Gasteiger partial charge in [-0.2, -0.15) is 0 Å². The second kappa shape index (κ2) is 7.50. The molecule has 2 aromatic rings. The normalized spacial score (nSPS) is 23.5. The summed E-state index contributed by atoms with van der Waals surface area (Å²) in [4.78, 5) is 13.5. The highest BCUT2D eigenvalue weighted by atomic mass is 15.5. The SMILES string of the molecule is C1=CNN(c2ccc(N[C@H]3CC[C@H](Nc4ncc(C5CC5)cn4)C3)nc2)C=C1. The molecule has 144 valence electrons. The van der Waals surface area contributed by atoms with Gasteiger partial charge in [-0.05, 0) is 67.9 Å². The average Bonchev–Trinajstić information content (AvgIpc) is 3.51. The lowest BCUT2D eigenvalue weighted by Gasteiger charge is -2.22. The lowest BCUT2D eigenvalue weighted by Crippen LogP contribution is -2.30. The third-order valence-corrected chi connectivity index (χ3v) is 5.52. The molecule has 3 heterocycles. The number of hydrogen-bond acceptors (Lipinski definition) is 7. The molecular weight excluding hydrogens is 350 g/mol. The van der Waals surface area contributed by atoms with E-state index in [1.54, 1.807) is 0 Å². The number of pyridine rings is 1. The van der Waals surface area contributed by atoms with E-state index in [1.165, 1.54) is 18.4 Å². The molecule has 0 aromatic carbocycles. The number of anilines is 3. The van der Waals surface area contributed by atoms with Crippen LogP contribution in [0.2, 0.25) is 0 Å². The van der Waals surface area contributed by atoms with Crippen LogP contribution in [0, 0.1) is 0 Å². The van der Waals surface area contributed by atoms with Gasteiger partial charge in [0.05, 0.1) is 11.9 Å². The van der Waals surface area contributed by atoms with Crippen molar-refractivity contribution < 1.29 is 0 Å². The van der Waals surface area contributed by atoms with Crippen LogP contribution in [-0.4, -0.2) is 27.0 Å². The summed E-state index contributed by atoms with van der Waals surface area (Å²) in [5.74, 6) is 2.36. The van der Waals surface area contributed by atoms with Gasteiger partial charge in [0.2, 0.25) is 5.95 Å². The fourth-order valence-electron chi connectivity index (χ4n) is 3.81. The van der Waals surface area contributed by atoms with Gasteiger partial charge in [-0.3, -0.25) is 5.01 Å². The molecule has 3 N–H and O–H groups in total. The van der Waals surface area contributed by atoms with Crippen LogP contribution in [0.3, 0.4) is 0 Å². The Bertz CT molecular complexity index is 855. The predicted molar refractivity (Wildman–Crippen MR) is 111 cm³/mol. The molecule has 2 fully saturated rings. The van der Waals surface area contributed by atoms with Crippen molar-refractivity contribution in [1.29, 1.82) is 0 Å². The zero-order valence-corrected chi connectivity index (χ0v) is 15.8. The number of rotatable bonds is 6. The summed E-state index contributed by atoms with van der Waals surface area (Å²) in [6, 6.07) is 4.91. The maximum atomic E-state index is 4.56. The van der Waals surface area contributed by atoms with Gasteiger partial charge in [0.25, 0.3) is 0 Å². The van der Waals surface area contributed by atoms with Crippen LogP contribution >= 0.6 is 0 Å². The lowest BCUT2D eigenvalue weighted by molar-refractivity contribution is 0.716. The Morgan fingerprint density at radius 3 is 2.39 bits per heavy atom. The minimum absolute atomic E-state index is 0.401. The fourth-order valence-corrected chi connectivity index (χ4v) is 3.81. The molecule has 0 unspecified atom stereocenters. The molecule has 2 atom stereocenters. The van der Waals surface area contributed by atoms with E-state index in [1.807, 2.05) is 54.2 Å². The van der Waals surface area contributed by atoms with Crippen molar-refractivity contribution in [1.82, 2.24) is 20.4 Å². The highest BCUT2D eigenvalue weighted by molar-refractivity contribution is 5.52. The molecule has 0 radical (unpaired) electrons. The maximum Gasteiger partial charge on any atom is 0.222 e. The summed E-state index contributed by atoms with van der Waals surface area (Å²) in [7, 11) is 0. The topological polar surface area (TPSA) is 78.0 Å². The minimum atomic E-state index is 0.401. The Morgan fingerprint density at radius 1 is 0.893 bits per heavy atom. The van der Waals surface area contributed by atoms with Crippen molar-refractivity contribution in [2.24, 2.45) is 0 Å². The van der Waals surface area contributed by atoms with E-state index in [0.717, 1.165) is 36.7 Å². The van der Waals surface area contributed by atoms with Crippen LogP contribution in [0.4, 0.5) is 17.5 Å². The predicted octanol–water partition coefficient (Wildman–Crippen LogP) is 3.55. The zero-order chi connectivity index (χ0) is 18.8. The van der Waals surface area contributed by atoms with Crippen molar-refractivity contribution in [3.05, 3.63) is 60.8 Å². The molecule has 7 nitrogen and oxygen atoms in total. The molecule has 0 saturated heterocycles. The van der Waals surface area contributed by atoms with E-state index in [4.69, 9.17) is 0 Å². The molecule has 3 aliphatic rings. The van der Waals surface area contributed by atoms with Crippen molar-refractivity contribution in [3.8, 4) is 0 Å². The number of hydrogen-bond donors (Lipinski definition) is 3. The summed E-state index contributed by atoms with van der Waals surface area (Å²) in [5, 5.41) is 8.97. The second-order valence-electron chi connectivity index (χ2n) is 7.71. The van der Waals surface area contributed by atoms with E-state index in [0.29, 0.717) is 18.0 Å². The largest absolute Gasteiger partial charge is 0.367 e. The summed E-state index contributed by atoms with van der Waals surface area (Å²) in [6.07, 6.45) is 19.5. The highest BCUT2D eigenvalue weighted by Crippen LogP contribution is 2.39. The molecule has 28 heavy (non-hydrogen) atoms. The minimum Gasteiger partial charge on any atom is -0.367 e. The second-order valence-corrected chi connectivity index (χ2v) is 7.71. The van der Waals surface area contributed by atoms with Crippen LogP contribution in [0.5, 0.6) is 0 Å². The van der Waals surface area contributed by atoms with Crippen LogP contribution in [0.1, 0.15) is 43.6 Å². The van der Waals surface area contributed by atoms with Crippen molar-refractivity contribution >= 4 is 17.5 Å². The maximum absolute atomic E-state index is 4.56. The highest BCUT2D eigenvalue weighted by Gasteiger charge is 2.26. The number of nitrogens with one attached hydrogen (secondary N) is 3. The monoisotopic (exact) mass is 375 g/mol. The Morgan fingerprint density at radius 2 is 1.71 bits per heavy atom. The van der Waals surface area contributed by atoms with E-state index in [9.17, 15) is 0 Å². The third-order valence-electron chi connectivity index (χ3n) is 5.52. The molecular formula is C21H25N7.